The van der Waals surface area contributed by atoms with Crippen molar-refractivity contribution in [3.8, 4) is 11.1 Å². The zero-order valence-electron chi connectivity index (χ0n) is 41.2. The van der Waals surface area contributed by atoms with E-state index < -0.39 is 8.07 Å². The van der Waals surface area contributed by atoms with Crippen LogP contribution in [0.4, 0.5) is 39.8 Å². The Bertz CT molecular complexity index is 3160. The highest BCUT2D eigenvalue weighted by molar-refractivity contribution is 6.88. The summed E-state index contributed by atoms with van der Waals surface area (Å²) in [4.78, 5) is 7.61. The van der Waals surface area contributed by atoms with Crippen LogP contribution in [0.1, 0.15) is 68.4 Å². The zero-order chi connectivity index (χ0) is 47.5. The van der Waals surface area contributed by atoms with E-state index in [2.05, 4.69) is 280 Å². The highest BCUT2D eigenvalue weighted by Crippen LogP contribution is 2.55. The second-order valence-corrected chi connectivity index (χ2v) is 26.5. The van der Waals surface area contributed by atoms with Crippen molar-refractivity contribution >= 4 is 65.2 Å². The van der Waals surface area contributed by atoms with Gasteiger partial charge in [-0.05, 0) is 136 Å². The molecule has 0 amide bonds. The quantitative estimate of drug-likeness (QED) is 0.106. The summed E-state index contributed by atoms with van der Waals surface area (Å²) in [6, 6.07) is 74.6. The van der Waals surface area contributed by atoms with Gasteiger partial charge in [-0.1, -0.05) is 198 Å². The number of nitrogens with zero attached hydrogens (tertiary/aromatic N) is 3. The van der Waals surface area contributed by atoms with E-state index in [0.29, 0.717) is 5.92 Å². The van der Waals surface area contributed by atoms with E-state index in [1.807, 2.05) is 0 Å². The summed E-state index contributed by atoms with van der Waals surface area (Å²) in [7, 11) is -1.41. The highest BCUT2D eigenvalue weighted by atomic mass is 28.3. The Hall–Kier alpha value is -7.14. The molecule has 2 heterocycles. The van der Waals surface area contributed by atoms with Crippen molar-refractivity contribution in [1.82, 2.24) is 0 Å². The van der Waals surface area contributed by atoms with Gasteiger partial charge in [0.2, 0.25) is 0 Å². The molecule has 4 heteroatoms. The van der Waals surface area contributed by atoms with Gasteiger partial charge in [-0.15, -0.1) is 0 Å². The number of hydrogen-bond donors (Lipinski definition) is 0. The van der Waals surface area contributed by atoms with Gasteiger partial charge in [-0.25, -0.2) is 0 Å². The first kappa shape index (κ1) is 44.4. The van der Waals surface area contributed by atoms with Crippen LogP contribution in [0.3, 0.4) is 0 Å². The zero-order valence-corrected chi connectivity index (χ0v) is 42.2. The van der Waals surface area contributed by atoms with Gasteiger partial charge >= 0.3 is 0 Å². The molecule has 3 nitrogen and oxygen atoms in total. The van der Waals surface area contributed by atoms with Crippen molar-refractivity contribution in [3.05, 3.63) is 240 Å². The Kier molecular flexibility index (Phi) is 11.2. The van der Waals surface area contributed by atoms with Crippen LogP contribution in [0.25, 0.3) is 23.3 Å². The average molecular weight is 914 g/mol. The second-order valence-electron chi connectivity index (χ2n) is 21.5. The van der Waals surface area contributed by atoms with E-state index in [1.165, 1.54) is 84.0 Å². The van der Waals surface area contributed by atoms with Crippen molar-refractivity contribution in [2.45, 2.75) is 77.0 Å². The lowest BCUT2D eigenvalue weighted by atomic mass is 9.62. The summed E-state index contributed by atoms with van der Waals surface area (Å²) >= 11 is 0. The third-order valence-electron chi connectivity index (χ3n) is 15.5. The normalized spacial score (nSPS) is 17.9. The maximum absolute atomic E-state index is 2.64. The molecule has 0 fully saturated rings. The van der Waals surface area contributed by atoms with E-state index in [9.17, 15) is 0 Å². The fraction of sp³-hybridized carbons (Fsp3) is 0.200. The highest BCUT2D eigenvalue weighted by Gasteiger charge is 2.47. The molecule has 11 rings (SSSR count). The lowest BCUT2D eigenvalue weighted by Gasteiger charge is -2.53. The van der Waals surface area contributed by atoms with Gasteiger partial charge in [0.25, 0.3) is 0 Å². The monoisotopic (exact) mass is 913 g/mol. The van der Waals surface area contributed by atoms with Crippen molar-refractivity contribution in [3.63, 3.8) is 0 Å². The number of anilines is 7. The van der Waals surface area contributed by atoms with Crippen LogP contribution in [0.15, 0.2) is 212 Å². The van der Waals surface area contributed by atoms with E-state index >= 15 is 0 Å². The minimum absolute atomic E-state index is 0.0420. The minimum Gasteiger partial charge on any atom is -0.334 e. The van der Waals surface area contributed by atoms with Crippen LogP contribution in [0.5, 0.6) is 0 Å². The van der Waals surface area contributed by atoms with Crippen LogP contribution < -0.4 is 19.9 Å². The molecule has 8 aromatic carbocycles. The molecule has 0 saturated carbocycles. The molecular formula is C65H63N3Si. The molecule has 3 aliphatic rings. The van der Waals surface area contributed by atoms with E-state index in [4.69, 9.17) is 0 Å². The Balaban J connectivity index is 0.982. The number of fused-ring (bicyclic) bond motifs is 4. The number of benzene rings is 8. The summed E-state index contributed by atoms with van der Waals surface area (Å²) in [5.74, 6) is 0.424. The molecule has 2 unspecified atom stereocenters. The smallest absolute Gasteiger partial charge is 0.0775 e. The van der Waals surface area contributed by atoms with Gasteiger partial charge < -0.3 is 14.7 Å². The topological polar surface area (TPSA) is 9.72 Å². The van der Waals surface area contributed by atoms with Crippen LogP contribution >= 0.6 is 0 Å². The summed E-state index contributed by atoms with van der Waals surface area (Å²) in [6.45, 7) is 17.0. The molecule has 0 spiro atoms. The van der Waals surface area contributed by atoms with Crippen LogP contribution in [0, 0.1) is 5.92 Å². The van der Waals surface area contributed by atoms with Gasteiger partial charge in [0.1, 0.15) is 0 Å². The lowest BCUT2D eigenvalue weighted by molar-refractivity contribution is 0.248. The molecule has 8 aromatic rings. The van der Waals surface area contributed by atoms with Gasteiger partial charge in [-0.2, -0.15) is 0 Å². The molecule has 0 aromatic heterocycles. The largest absolute Gasteiger partial charge is 0.334 e. The Morgan fingerprint density at radius 1 is 0.507 bits per heavy atom. The first-order valence-electron chi connectivity index (χ1n) is 24.9. The third-order valence-corrected chi connectivity index (χ3v) is 17.5. The van der Waals surface area contributed by atoms with Crippen molar-refractivity contribution in [1.29, 1.82) is 0 Å². The molecule has 342 valence electrons. The van der Waals surface area contributed by atoms with Crippen molar-refractivity contribution < 1.29 is 0 Å². The van der Waals surface area contributed by atoms with Gasteiger partial charge in [0.05, 0.1) is 25.5 Å². The number of rotatable bonds is 9. The lowest BCUT2D eigenvalue weighted by Crippen LogP contribution is -2.52. The molecule has 69 heavy (non-hydrogen) atoms. The summed E-state index contributed by atoms with van der Waals surface area (Å²) in [5.41, 5.74) is 18.5. The number of hydrogen-bond acceptors (Lipinski definition) is 3. The van der Waals surface area contributed by atoms with E-state index in [0.717, 1.165) is 18.5 Å². The van der Waals surface area contributed by atoms with Crippen LogP contribution in [-0.4, -0.2) is 14.1 Å². The van der Waals surface area contributed by atoms with Gasteiger partial charge in [0.15, 0.2) is 0 Å². The first-order valence-corrected chi connectivity index (χ1v) is 28.4. The molecule has 1 aliphatic carbocycles. The maximum atomic E-state index is 2.64. The molecule has 0 bridgehead atoms. The Labute approximate surface area is 411 Å². The Morgan fingerprint density at radius 3 is 1.58 bits per heavy atom. The fourth-order valence-electron chi connectivity index (χ4n) is 11.7. The van der Waals surface area contributed by atoms with E-state index in [1.54, 1.807) is 0 Å². The standard InChI is InChI=1S/C65H63N3Si/c1-64(2)56-38-30-46(42-60(56)67(52-24-16-10-17-25-52)62-44-49(34-40-58(62)64)48-32-36-55(37-33-48)69(5,6)7)28-29-47-31-39-57-61(43-47)68(53-26-18-11-19-27-53)63-45-54(35-41-59(63)65(57,3)4)66(50-20-12-8-13-21-50)51-22-14-9-15-23-51/h8-34,36-40,42-45,59,63H,35,41H2,1-7H3/b29-28+. The summed E-state index contributed by atoms with van der Waals surface area (Å²) < 4.78 is 0. The molecule has 0 radical (unpaired) electrons. The van der Waals surface area contributed by atoms with Crippen molar-refractivity contribution in [2.75, 3.05) is 14.7 Å². The molecular weight excluding hydrogens is 851 g/mol. The fourth-order valence-corrected chi connectivity index (χ4v) is 12.8. The predicted octanol–water partition coefficient (Wildman–Crippen LogP) is 17.1. The van der Waals surface area contributed by atoms with Crippen LogP contribution in [-0.2, 0) is 10.8 Å². The second kappa shape index (κ2) is 17.4. The summed E-state index contributed by atoms with van der Waals surface area (Å²) in [5, 5.41) is 1.48. The summed E-state index contributed by atoms with van der Waals surface area (Å²) in [6.07, 6.45) is 9.32. The third kappa shape index (κ3) is 8.05. The first-order chi connectivity index (χ1) is 33.4. The predicted molar refractivity (Wildman–Crippen MR) is 298 cm³/mol. The number of allylic oxidation sites excluding steroid dienone is 1. The molecule has 2 aliphatic heterocycles. The van der Waals surface area contributed by atoms with Crippen LogP contribution in [0.2, 0.25) is 19.6 Å². The average Bonchev–Trinajstić information content (AvgIpc) is 3.37. The number of para-hydroxylation sites is 4. The molecule has 0 N–H and O–H groups in total. The molecule has 2 atom stereocenters. The van der Waals surface area contributed by atoms with Gasteiger partial charge in [-0.3, -0.25) is 0 Å². The SMILES string of the molecule is CC1(C)c2ccc(/C=C/c3ccc4c(c3)N(c3ccccc3)C3C=C(N(c5ccccc5)c5ccccc5)CCC3C4(C)C)cc2N(c2ccccc2)c2cc(-c3ccc([Si](C)(C)C)cc3)ccc21. The van der Waals surface area contributed by atoms with Crippen molar-refractivity contribution in [2.24, 2.45) is 5.92 Å². The van der Waals surface area contributed by atoms with E-state index in [-0.39, 0.29) is 16.9 Å². The Morgan fingerprint density at radius 2 is 1.00 bits per heavy atom. The molecule has 0 saturated heterocycles. The minimum atomic E-state index is -1.41. The van der Waals surface area contributed by atoms with Gasteiger partial charge in [0, 0.05) is 39.5 Å². The maximum Gasteiger partial charge on any atom is 0.0775 e.